The van der Waals surface area contributed by atoms with Crippen LogP contribution in [0.2, 0.25) is 5.02 Å². The fraction of sp³-hybridized carbons (Fsp3) is 0.316. The number of rotatable bonds is 3. The zero-order valence-electron chi connectivity index (χ0n) is 14.9. The van der Waals surface area contributed by atoms with E-state index in [1.807, 2.05) is 30.5 Å². The van der Waals surface area contributed by atoms with Crippen molar-refractivity contribution in [2.24, 2.45) is 5.92 Å². The van der Waals surface area contributed by atoms with E-state index in [0.717, 1.165) is 17.7 Å². The quantitative estimate of drug-likeness (QED) is 0.646. The van der Waals surface area contributed by atoms with Crippen LogP contribution in [-0.2, 0) is 5.60 Å². The highest BCUT2D eigenvalue weighted by Crippen LogP contribution is 2.48. The number of pyridine rings is 1. The van der Waals surface area contributed by atoms with Gasteiger partial charge in [0.25, 0.3) is 0 Å². The average Bonchev–Trinajstić information content (AvgIpc) is 3.15. The van der Waals surface area contributed by atoms with Crippen molar-refractivity contribution in [3.05, 3.63) is 59.1 Å². The normalized spacial score (nSPS) is 24.1. The SMILES string of the molecule is CC1C(C)C(C)(Oc2c(F)cc(Cl)cc2F)c2nnc(-c3ccncc3)n21. The number of benzene rings is 1. The molecular weight excluding hydrogens is 374 g/mol. The minimum atomic E-state index is -1.06. The number of fused-ring (bicyclic) bond motifs is 1. The van der Waals surface area contributed by atoms with Crippen molar-refractivity contribution in [3.63, 3.8) is 0 Å². The van der Waals surface area contributed by atoms with Crippen LogP contribution in [0, 0.1) is 17.6 Å². The second-order valence-electron chi connectivity index (χ2n) is 6.89. The first-order chi connectivity index (χ1) is 12.8. The van der Waals surface area contributed by atoms with Crippen molar-refractivity contribution in [3.8, 4) is 17.1 Å². The Morgan fingerprint density at radius 3 is 2.37 bits per heavy atom. The highest BCUT2D eigenvalue weighted by Gasteiger charge is 2.51. The lowest BCUT2D eigenvalue weighted by molar-refractivity contribution is 0.0233. The monoisotopic (exact) mass is 390 g/mol. The highest BCUT2D eigenvalue weighted by atomic mass is 35.5. The van der Waals surface area contributed by atoms with E-state index < -0.39 is 23.0 Å². The van der Waals surface area contributed by atoms with Crippen molar-refractivity contribution < 1.29 is 13.5 Å². The molecule has 1 aliphatic heterocycles. The Morgan fingerprint density at radius 1 is 1.11 bits per heavy atom. The Kier molecular flexibility index (Phi) is 4.14. The number of ether oxygens (including phenoxy) is 1. The maximum Gasteiger partial charge on any atom is 0.192 e. The molecule has 0 fully saturated rings. The van der Waals surface area contributed by atoms with E-state index in [0.29, 0.717) is 11.6 Å². The number of halogens is 3. The molecule has 3 aromatic rings. The van der Waals surface area contributed by atoms with Crippen LogP contribution in [0.15, 0.2) is 36.7 Å². The molecule has 140 valence electrons. The fourth-order valence-corrected chi connectivity index (χ4v) is 3.77. The van der Waals surface area contributed by atoms with E-state index in [-0.39, 0.29) is 17.0 Å². The fourth-order valence-electron chi connectivity index (χ4n) is 3.58. The van der Waals surface area contributed by atoms with Gasteiger partial charge in [0.2, 0.25) is 0 Å². The number of nitrogens with zero attached hydrogens (tertiary/aromatic N) is 4. The van der Waals surface area contributed by atoms with Gasteiger partial charge in [-0.15, -0.1) is 10.2 Å². The van der Waals surface area contributed by atoms with Crippen LogP contribution in [-0.4, -0.2) is 19.7 Å². The van der Waals surface area contributed by atoms with Gasteiger partial charge in [0, 0.05) is 34.9 Å². The maximum absolute atomic E-state index is 14.3. The minimum Gasteiger partial charge on any atom is -0.473 e. The van der Waals surface area contributed by atoms with E-state index in [2.05, 4.69) is 15.2 Å². The van der Waals surface area contributed by atoms with E-state index in [1.54, 1.807) is 19.3 Å². The first-order valence-corrected chi connectivity index (χ1v) is 8.90. The molecule has 0 saturated heterocycles. The Hall–Kier alpha value is -2.54. The molecule has 0 N–H and O–H groups in total. The predicted octanol–water partition coefficient (Wildman–Crippen LogP) is 4.78. The molecular formula is C19H17ClF2N4O. The van der Waals surface area contributed by atoms with Crippen molar-refractivity contribution in [1.82, 2.24) is 19.7 Å². The van der Waals surface area contributed by atoms with Gasteiger partial charge in [0.1, 0.15) is 0 Å². The highest BCUT2D eigenvalue weighted by molar-refractivity contribution is 6.30. The lowest BCUT2D eigenvalue weighted by Crippen LogP contribution is -2.35. The van der Waals surface area contributed by atoms with E-state index >= 15 is 0 Å². The summed E-state index contributed by atoms with van der Waals surface area (Å²) < 4.78 is 36.5. The van der Waals surface area contributed by atoms with Crippen LogP contribution in [0.3, 0.4) is 0 Å². The predicted molar refractivity (Wildman–Crippen MR) is 96.5 cm³/mol. The third-order valence-corrected chi connectivity index (χ3v) is 5.57. The zero-order valence-corrected chi connectivity index (χ0v) is 15.7. The number of aromatic nitrogens is 4. The molecule has 3 atom stereocenters. The van der Waals surface area contributed by atoms with Crippen LogP contribution in [0.1, 0.15) is 32.6 Å². The van der Waals surface area contributed by atoms with Crippen molar-refractivity contribution in [2.75, 3.05) is 0 Å². The van der Waals surface area contributed by atoms with Crippen LogP contribution in [0.5, 0.6) is 5.75 Å². The van der Waals surface area contributed by atoms with Gasteiger partial charge < -0.3 is 9.30 Å². The third-order valence-electron chi connectivity index (χ3n) is 5.36. The van der Waals surface area contributed by atoms with Crippen LogP contribution in [0.4, 0.5) is 8.78 Å². The molecule has 0 aliphatic carbocycles. The van der Waals surface area contributed by atoms with Gasteiger partial charge >= 0.3 is 0 Å². The molecule has 5 nitrogen and oxygen atoms in total. The van der Waals surface area contributed by atoms with E-state index in [4.69, 9.17) is 16.3 Å². The van der Waals surface area contributed by atoms with Crippen molar-refractivity contribution >= 4 is 11.6 Å². The van der Waals surface area contributed by atoms with Crippen LogP contribution >= 0.6 is 11.6 Å². The van der Waals surface area contributed by atoms with Gasteiger partial charge in [-0.3, -0.25) is 4.98 Å². The second kappa shape index (κ2) is 6.27. The molecule has 8 heteroatoms. The van der Waals surface area contributed by atoms with E-state index in [1.165, 1.54) is 0 Å². The maximum atomic E-state index is 14.3. The molecule has 3 unspecified atom stereocenters. The van der Waals surface area contributed by atoms with Gasteiger partial charge in [0.15, 0.2) is 34.6 Å². The molecule has 2 aromatic heterocycles. The molecule has 0 spiro atoms. The summed E-state index contributed by atoms with van der Waals surface area (Å²) in [6, 6.07) is 5.69. The summed E-state index contributed by atoms with van der Waals surface area (Å²) >= 11 is 5.71. The lowest BCUT2D eigenvalue weighted by Gasteiger charge is -2.30. The number of hydrogen-bond donors (Lipinski definition) is 0. The summed E-state index contributed by atoms with van der Waals surface area (Å²) in [5.41, 5.74) is -0.205. The van der Waals surface area contributed by atoms with E-state index in [9.17, 15) is 8.78 Å². The van der Waals surface area contributed by atoms with Crippen molar-refractivity contribution in [1.29, 1.82) is 0 Å². The molecule has 4 rings (SSSR count). The van der Waals surface area contributed by atoms with Crippen LogP contribution in [0.25, 0.3) is 11.4 Å². The summed E-state index contributed by atoms with van der Waals surface area (Å²) in [6.45, 7) is 5.73. The standard InChI is InChI=1S/C19H17ClF2N4O/c1-10-11(2)26-17(12-4-6-23-7-5-12)24-25-18(26)19(10,3)27-16-14(21)8-13(20)9-15(16)22/h4-11H,1-3H3. The molecule has 0 bridgehead atoms. The molecule has 0 radical (unpaired) electrons. The van der Waals surface area contributed by atoms with Gasteiger partial charge in [-0.1, -0.05) is 18.5 Å². The third kappa shape index (κ3) is 2.68. The Bertz CT molecular complexity index is 987. The van der Waals surface area contributed by atoms with Gasteiger partial charge in [-0.05, 0) is 38.1 Å². The van der Waals surface area contributed by atoms with Gasteiger partial charge in [0.05, 0.1) is 0 Å². The second-order valence-corrected chi connectivity index (χ2v) is 7.33. The Labute approximate surface area is 160 Å². The summed E-state index contributed by atoms with van der Waals surface area (Å²) in [5.74, 6) is -1.11. The van der Waals surface area contributed by atoms with Crippen LogP contribution < -0.4 is 4.74 Å². The number of hydrogen-bond acceptors (Lipinski definition) is 4. The summed E-state index contributed by atoms with van der Waals surface area (Å²) in [5, 5.41) is 8.55. The molecule has 0 saturated carbocycles. The summed E-state index contributed by atoms with van der Waals surface area (Å²) in [4.78, 5) is 4.02. The Balaban J connectivity index is 1.81. The van der Waals surface area contributed by atoms with Crippen molar-refractivity contribution in [2.45, 2.75) is 32.4 Å². The Morgan fingerprint density at radius 2 is 1.74 bits per heavy atom. The molecule has 3 heterocycles. The first kappa shape index (κ1) is 17.9. The molecule has 1 aromatic carbocycles. The topological polar surface area (TPSA) is 52.8 Å². The van der Waals surface area contributed by atoms with Gasteiger partial charge in [-0.25, -0.2) is 8.78 Å². The average molecular weight is 391 g/mol. The first-order valence-electron chi connectivity index (χ1n) is 8.52. The molecule has 1 aliphatic rings. The lowest BCUT2D eigenvalue weighted by atomic mass is 9.88. The largest absolute Gasteiger partial charge is 0.473 e. The smallest absolute Gasteiger partial charge is 0.192 e. The zero-order chi connectivity index (χ0) is 19.3. The summed E-state index contributed by atoms with van der Waals surface area (Å²) in [6.07, 6.45) is 3.35. The minimum absolute atomic E-state index is 0.0292. The summed E-state index contributed by atoms with van der Waals surface area (Å²) in [7, 11) is 0. The van der Waals surface area contributed by atoms with Gasteiger partial charge in [-0.2, -0.15) is 0 Å². The molecule has 0 amide bonds. The molecule has 27 heavy (non-hydrogen) atoms.